The van der Waals surface area contributed by atoms with E-state index in [4.69, 9.17) is 0 Å². The van der Waals surface area contributed by atoms with E-state index in [0.717, 1.165) is 16.7 Å². The van der Waals surface area contributed by atoms with Crippen molar-refractivity contribution in [2.45, 2.75) is 0 Å². The maximum Gasteiger partial charge on any atom is 0.139 e. The van der Waals surface area contributed by atoms with Crippen LogP contribution in [0.3, 0.4) is 0 Å². The van der Waals surface area contributed by atoms with Crippen molar-refractivity contribution < 1.29 is 0 Å². The third-order valence-electron chi connectivity index (χ3n) is 3.52. The molecule has 0 aliphatic carbocycles. The zero-order chi connectivity index (χ0) is 13.4. The average Bonchev–Trinajstić information content (AvgIpc) is 3.17. The molecule has 0 aliphatic rings. The number of nitrogens with zero attached hydrogens (tertiary/aromatic N) is 2. The van der Waals surface area contributed by atoms with Crippen molar-refractivity contribution in [3.8, 4) is 16.8 Å². The monoisotopic (exact) mass is 259 g/mol. The summed E-state index contributed by atoms with van der Waals surface area (Å²) in [7, 11) is 0. The van der Waals surface area contributed by atoms with E-state index in [-0.39, 0.29) is 0 Å². The molecular formula is C17H13N3. The van der Waals surface area contributed by atoms with Crippen LogP contribution in [0.1, 0.15) is 0 Å². The van der Waals surface area contributed by atoms with Crippen LogP contribution in [0.4, 0.5) is 0 Å². The van der Waals surface area contributed by atoms with Crippen molar-refractivity contribution >= 4 is 11.0 Å². The molecule has 3 aromatic heterocycles. The Morgan fingerprint density at radius 1 is 0.900 bits per heavy atom. The Hall–Kier alpha value is -2.81. The lowest BCUT2D eigenvalue weighted by Gasteiger charge is -2.07. The van der Waals surface area contributed by atoms with Crippen LogP contribution in [0.2, 0.25) is 0 Å². The molecule has 0 spiro atoms. The molecule has 4 rings (SSSR count). The van der Waals surface area contributed by atoms with Crippen molar-refractivity contribution in [2.75, 3.05) is 0 Å². The Kier molecular flexibility index (Phi) is 2.42. The molecule has 1 N–H and O–H groups in total. The largest absolute Gasteiger partial charge is 0.345 e. The van der Waals surface area contributed by atoms with Gasteiger partial charge in [0.25, 0.3) is 0 Å². The fraction of sp³-hybridized carbons (Fsp3) is 0. The Morgan fingerprint density at radius 2 is 1.70 bits per heavy atom. The van der Waals surface area contributed by atoms with E-state index in [1.165, 1.54) is 11.1 Å². The van der Waals surface area contributed by atoms with Gasteiger partial charge in [-0.1, -0.05) is 30.3 Å². The van der Waals surface area contributed by atoms with E-state index in [2.05, 4.69) is 51.2 Å². The fourth-order valence-electron chi connectivity index (χ4n) is 2.59. The highest BCUT2D eigenvalue weighted by Gasteiger charge is 2.11. The normalized spacial score (nSPS) is 11.0. The SMILES string of the molecule is c1ccc(-c2c[nH]c3nccc(-n4cccc4)c23)cc1. The number of benzene rings is 1. The predicted octanol–water partition coefficient (Wildman–Crippen LogP) is 4.02. The molecule has 4 aromatic rings. The molecular weight excluding hydrogens is 246 g/mol. The lowest BCUT2D eigenvalue weighted by molar-refractivity contribution is 1.09. The van der Waals surface area contributed by atoms with Crippen molar-refractivity contribution in [3.63, 3.8) is 0 Å². The van der Waals surface area contributed by atoms with Gasteiger partial charge >= 0.3 is 0 Å². The van der Waals surface area contributed by atoms with Gasteiger partial charge in [-0.05, 0) is 23.8 Å². The minimum atomic E-state index is 0.912. The van der Waals surface area contributed by atoms with Gasteiger partial charge in [0.1, 0.15) is 5.65 Å². The van der Waals surface area contributed by atoms with Crippen molar-refractivity contribution in [1.82, 2.24) is 14.5 Å². The number of H-pyrrole nitrogens is 1. The molecule has 0 atom stereocenters. The van der Waals surface area contributed by atoms with Crippen LogP contribution in [0.5, 0.6) is 0 Å². The minimum Gasteiger partial charge on any atom is -0.345 e. The van der Waals surface area contributed by atoms with Gasteiger partial charge in [-0.3, -0.25) is 0 Å². The first-order valence-corrected chi connectivity index (χ1v) is 6.58. The summed E-state index contributed by atoms with van der Waals surface area (Å²) in [6, 6.07) is 16.5. The fourth-order valence-corrected chi connectivity index (χ4v) is 2.59. The zero-order valence-electron chi connectivity index (χ0n) is 10.8. The van der Waals surface area contributed by atoms with Crippen molar-refractivity contribution in [2.24, 2.45) is 0 Å². The minimum absolute atomic E-state index is 0.912. The van der Waals surface area contributed by atoms with Gasteiger partial charge in [0, 0.05) is 30.4 Å². The van der Waals surface area contributed by atoms with Gasteiger partial charge in [0.2, 0.25) is 0 Å². The molecule has 0 radical (unpaired) electrons. The topological polar surface area (TPSA) is 33.6 Å². The molecule has 3 nitrogen and oxygen atoms in total. The highest BCUT2D eigenvalue weighted by molar-refractivity contribution is 5.99. The van der Waals surface area contributed by atoms with E-state index < -0.39 is 0 Å². The van der Waals surface area contributed by atoms with E-state index >= 15 is 0 Å². The second-order valence-corrected chi connectivity index (χ2v) is 4.71. The number of aromatic amines is 1. The lowest BCUT2D eigenvalue weighted by Crippen LogP contribution is -1.92. The van der Waals surface area contributed by atoms with E-state index in [0.29, 0.717) is 0 Å². The second-order valence-electron chi connectivity index (χ2n) is 4.71. The molecule has 0 saturated carbocycles. The predicted molar refractivity (Wildman–Crippen MR) is 80.9 cm³/mol. The number of fused-ring (bicyclic) bond motifs is 1. The van der Waals surface area contributed by atoms with Crippen LogP contribution in [0.25, 0.3) is 27.8 Å². The first kappa shape index (κ1) is 11.1. The highest BCUT2D eigenvalue weighted by Crippen LogP contribution is 2.31. The molecule has 0 fully saturated rings. The molecule has 3 heterocycles. The van der Waals surface area contributed by atoms with Gasteiger partial charge in [-0.15, -0.1) is 0 Å². The van der Waals surface area contributed by atoms with Crippen LogP contribution in [0, 0.1) is 0 Å². The van der Waals surface area contributed by atoms with Crippen LogP contribution in [-0.2, 0) is 0 Å². The number of aromatic nitrogens is 3. The van der Waals surface area contributed by atoms with Crippen LogP contribution >= 0.6 is 0 Å². The molecule has 20 heavy (non-hydrogen) atoms. The average molecular weight is 259 g/mol. The van der Waals surface area contributed by atoms with Gasteiger partial charge in [0.15, 0.2) is 0 Å². The second kappa shape index (κ2) is 4.38. The van der Waals surface area contributed by atoms with Crippen LogP contribution in [-0.4, -0.2) is 14.5 Å². The summed E-state index contributed by atoms with van der Waals surface area (Å²) < 4.78 is 2.12. The standard InChI is InChI=1S/C17H13N3/c1-2-6-13(7-3-1)14-12-19-17-16(14)15(8-9-18-17)20-10-4-5-11-20/h1-12H,(H,18,19). The van der Waals surface area contributed by atoms with Crippen LogP contribution < -0.4 is 0 Å². The van der Waals surface area contributed by atoms with Gasteiger partial charge in [0.05, 0.1) is 11.1 Å². The smallest absolute Gasteiger partial charge is 0.139 e. The highest BCUT2D eigenvalue weighted by atomic mass is 15.0. The van der Waals surface area contributed by atoms with Gasteiger partial charge < -0.3 is 9.55 Å². The molecule has 0 saturated heterocycles. The molecule has 1 aromatic carbocycles. The number of nitrogens with one attached hydrogen (secondary N) is 1. The molecule has 0 unspecified atom stereocenters. The first-order chi connectivity index (χ1) is 9.93. The van der Waals surface area contributed by atoms with E-state index in [1.807, 2.05) is 36.7 Å². The molecule has 96 valence electrons. The van der Waals surface area contributed by atoms with E-state index in [1.54, 1.807) is 0 Å². The van der Waals surface area contributed by atoms with E-state index in [9.17, 15) is 0 Å². The maximum absolute atomic E-state index is 4.43. The molecule has 3 heteroatoms. The Balaban J connectivity index is 2.04. The number of rotatable bonds is 2. The summed E-state index contributed by atoms with van der Waals surface area (Å²) in [6.07, 6.45) is 7.97. The molecule has 0 amide bonds. The summed E-state index contributed by atoms with van der Waals surface area (Å²) in [6.45, 7) is 0. The first-order valence-electron chi connectivity index (χ1n) is 6.58. The summed E-state index contributed by atoms with van der Waals surface area (Å²) in [5.74, 6) is 0. The van der Waals surface area contributed by atoms with Crippen molar-refractivity contribution in [1.29, 1.82) is 0 Å². The third-order valence-corrected chi connectivity index (χ3v) is 3.52. The summed E-state index contributed by atoms with van der Waals surface area (Å²) >= 11 is 0. The summed E-state index contributed by atoms with van der Waals surface area (Å²) in [5.41, 5.74) is 4.42. The number of pyridine rings is 1. The van der Waals surface area contributed by atoms with Gasteiger partial charge in [-0.25, -0.2) is 4.98 Å². The molecule has 0 bridgehead atoms. The number of hydrogen-bond acceptors (Lipinski definition) is 1. The quantitative estimate of drug-likeness (QED) is 0.579. The third kappa shape index (κ3) is 1.64. The van der Waals surface area contributed by atoms with Gasteiger partial charge in [-0.2, -0.15) is 0 Å². The Morgan fingerprint density at radius 3 is 2.50 bits per heavy atom. The maximum atomic E-state index is 4.43. The Labute approximate surface area is 116 Å². The molecule has 0 aliphatic heterocycles. The number of hydrogen-bond donors (Lipinski definition) is 1. The van der Waals surface area contributed by atoms with Crippen LogP contribution in [0.15, 0.2) is 73.3 Å². The summed E-state index contributed by atoms with van der Waals surface area (Å²) in [4.78, 5) is 7.69. The lowest BCUT2D eigenvalue weighted by atomic mass is 10.1. The van der Waals surface area contributed by atoms with Crippen molar-refractivity contribution in [3.05, 3.63) is 73.3 Å². The zero-order valence-corrected chi connectivity index (χ0v) is 10.8. The Bertz CT molecular complexity index is 842. The summed E-state index contributed by atoms with van der Waals surface area (Å²) in [5, 5.41) is 1.15.